The van der Waals surface area contributed by atoms with Crippen molar-refractivity contribution in [3.05, 3.63) is 42.1 Å². The molecule has 2 nitrogen and oxygen atoms in total. The highest BCUT2D eigenvalue weighted by Gasteiger charge is 2.07. The predicted octanol–water partition coefficient (Wildman–Crippen LogP) is 3.03. The fraction of sp³-hybridized carbons (Fsp3) is 0.154. The van der Waals surface area contributed by atoms with Gasteiger partial charge in [0, 0.05) is 18.6 Å². The van der Waals surface area contributed by atoms with Crippen molar-refractivity contribution < 1.29 is 0 Å². The summed E-state index contributed by atoms with van der Waals surface area (Å²) in [5.41, 5.74) is 4.82. The first-order valence-electron chi connectivity index (χ1n) is 5.07. The van der Waals surface area contributed by atoms with Crippen molar-refractivity contribution in [2.45, 2.75) is 6.92 Å². The fourth-order valence-electron chi connectivity index (χ4n) is 2.12. The zero-order valence-electron chi connectivity index (χ0n) is 8.86. The Bertz CT molecular complexity index is 650. The highest BCUT2D eigenvalue weighted by Crippen LogP contribution is 2.26. The van der Waals surface area contributed by atoms with Crippen LogP contribution in [0.15, 0.2) is 36.5 Å². The Kier molecular flexibility index (Phi) is 1.60. The Labute approximate surface area is 88.2 Å². The average molecular weight is 196 g/mol. The van der Waals surface area contributed by atoms with Gasteiger partial charge in [0.2, 0.25) is 0 Å². The molecule has 0 saturated heterocycles. The molecule has 0 fully saturated rings. The summed E-state index contributed by atoms with van der Waals surface area (Å²) >= 11 is 0. The van der Waals surface area contributed by atoms with Gasteiger partial charge >= 0.3 is 0 Å². The van der Waals surface area contributed by atoms with E-state index in [2.05, 4.69) is 47.8 Å². The van der Waals surface area contributed by atoms with Crippen LogP contribution in [-0.4, -0.2) is 9.55 Å². The van der Waals surface area contributed by atoms with Gasteiger partial charge in [0.25, 0.3) is 0 Å². The van der Waals surface area contributed by atoms with Crippen LogP contribution in [0.3, 0.4) is 0 Å². The van der Waals surface area contributed by atoms with Crippen LogP contribution in [0, 0.1) is 6.92 Å². The third-order valence-electron chi connectivity index (χ3n) is 2.92. The van der Waals surface area contributed by atoms with E-state index in [9.17, 15) is 0 Å². The van der Waals surface area contributed by atoms with E-state index in [1.54, 1.807) is 0 Å². The number of pyridine rings is 1. The molecule has 0 aliphatic carbocycles. The minimum absolute atomic E-state index is 1.09. The van der Waals surface area contributed by atoms with Gasteiger partial charge in [-0.25, -0.2) is 0 Å². The van der Waals surface area contributed by atoms with Crippen molar-refractivity contribution in [1.29, 1.82) is 0 Å². The first kappa shape index (κ1) is 8.48. The first-order chi connectivity index (χ1) is 7.27. The molecule has 0 bridgehead atoms. The Hall–Kier alpha value is -1.83. The summed E-state index contributed by atoms with van der Waals surface area (Å²) in [5, 5.41) is 1.23. The maximum atomic E-state index is 4.44. The van der Waals surface area contributed by atoms with Gasteiger partial charge in [0.15, 0.2) is 0 Å². The van der Waals surface area contributed by atoms with Gasteiger partial charge in [0.1, 0.15) is 0 Å². The predicted molar refractivity (Wildman–Crippen MR) is 63.0 cm³/mol. The number of nitrogens with zero attached hydrogens (tertiary/aromatic N) is 2. The van der Waals surface area contributed by atoms with E-state index in [0.717, 1.165) is 5.52 Å². The van der Waals surface area contributed by atoms with Gasteiger partial charge in [-0.3, -0.25) is 4.98 Å². The standard InChI is InChI=1S/C13H12N2/c1-9-5-6-10-12(8-9)15(2)11-4-3-7-14-13(10)11/h3-8H,1-2H3. The summed E-state index contributed by atoms with van der Waals surface area (Å²) < 4.78 is 2.20. The van der Waals surface area contributed by atoms with Gasteiger partial charge < -0.3 is 4.57 Å². The molecule has 0 spiro atoms. The van der Waals surface area contributed by atoms with E-state index in [0.29, 0.717) is 0 Å². The lowest BCUT2D eigenvalue weighted by Gasteiger charge is -1.97. The van der Waals surface area contributed by atoms with Crippen LogP contribution in [0.5, 0.6) is 0 Å². The van der Waals surface area contributed by atoms with Crippen LogP contribution < -0.4 is 0 Å². The summed E-state index contributed by atoms with van der Waals surface area (Å²) in [7, 11) is 2.09. The molecule has 0 atom stereocenters. The molecule has 2 heterocycles. The highest BCUT2D eigenvalue weighted by atomic mass is 15.0. The molecule has 0 amide bonds. The third kappa shape index (κ3) is 1.08. The monoisotopic (exact) mass is 196 g/mol. The van der Waals surface area contributed by atoms with Gasteiger partial charge in [-0.15, -0.1) is 0 Å². The summed E-state index contributed by atoms with van der Waals surface area (Å²) in [4.78, 5) is 4.44. The Morgan fingerprint density at radius 1 is 1.13 bits per heavy atom. The molecule has 0 aliphatic rings. The largest absolute Gasteiger partial charge is 0.342 e. The number of fused-ring (bicyclic) bond motifs is 3. The van der Waals surface area contributed by atoms with E-state index < -0.39 is 0 Å². The van der Waals surface area contributed by atoms with Crippen molar-refractivity contribution in [1.82, 2.24) is 9.55 Å². The first-order valence-corrected chi connectivity index (χ1v) is 5.07. The molecule has 74 valence electrons. The molecule has 0 aliphatic heterocycles. The maximum Gasteiger partial charge on any atom is 0.0959 e. The van der Waals surface area contributed by atoms with Gasteiger partial charge in [-0.2, -0.15) is 0 Å². The second-order valence-corrected chi connectivity index (χ2v) is 3.95. The van der Waals surface area contributed by atoms with E-state index in [1.807, 2.05) is 12.3 Å². The van der Waals surface area contributed by atoms with E-state index in [4.69, 9.17) is 0 Å². The Morgan fingerprint density at radius 3 is 2.87 bits per heavy atom. The average Bonchev–Trinajstić information content (AvgIpc) is 2.54. The molecular formula is C13H12N2. The number of hydrogen-bond acceptors (Lipinski definition) is 1. The molecule has 1 aromatic carbocycles. The van der Waals surface area contributed by atoms with Crippen molar-refractivity contribution in [2.75, 3.05) is 0 Å². The Balaban J connectivity index is 2.63. The van der Waals surface area contributed by atoms with Crippen molar-refractivity contribution >= 4 is 21.9 Å². The summed E-state index contributed by atoms with van der Waals surface area (Å²) in [6.07, 6.45) is 1.85. The molecule has 0 N–H and O–H groups in total. The summed E-state index contributed by atoms with van der Waals surface area (Å²) in [6, 6.07) is 10.6. The van der Waals surface area contributed by atoms with Gasteiger partial charge in [-0.05, 0) is 30.7 Å². The Morgan fingerprint density at radius 2 is 2.00 bits per heavy atom. The topological polar surface area (TPSA) is 17.8 Å². The number of rotatable bonds is 0. The second-order valence-electron chi connectivity index (χ2n) is 3.95. The quantitative estimate of drug-likeness (QED) is 0.540. The lowest BCUT2D eigenvalue weighted by Crippen LogP contribution is -1.86. The van der Waals surface area contributed by atoms with Gasteiger partial charge in [0.05, 0.1) is 16.6 Å². The SMILES string of the molecule is Cc1ccc2c3ncccc3n(C)c2c1. The van der Waals surface area contributed by atoms with Gasteiger partial charge in [-0.1, -0.05) is 12.1 Å². The van der Waals surface area contributed by atoms with E-state index >= 15 is 0 Å². The number of hydrogen-bond donors (Lipinski definition) is 0. The highest BCUT2D eigenvalue weighted by molar-refractivity contribution is 6.05. The number of benzene rings is 1. The molecular weight excluding hydrogens is 184 g/mol. The molecule has 0 unspecified atom stereocenters. The smallest absolute Gasteiger partial charge is 0.0959 e. The van der Waals surface area contributed by atoms with Crippen LogP contribution in [0.1, 0.15) is 5.56 Å². The third-order valence-corrected chi connectivity index (χ3v) is 2.92. The van der Waals surface area contributed by atoms with Crippen molar-refractivity contribution in [2.24, 2.45) is 7.05 Å². The number of aryl methyl sites for hydroxylation is 2. The summed E-state index contributed by atoms with van der Waals surface area (Å²) in [6.45, 7) is 2.12. The van der Waals surface area contributed by atoms with Crippen LogP contribution in [0.2, 0.25) is 0 Å². The molecule has 0 saturated carbocycles. The van der Waals surface area contributed by atoms with Crippen LogP contribution in [0.25, 0.3) is 21.9 Å². The van der Waals surface area contributed by atoms with Crippen LogP contribution in [0.4, 0.5) is 0 Å². The van der Waals surface area contributed by atoms with Crippen molar-refractivity contribution in [3.63, 3.8) is 0 Å². The fourth-order valence-corrected chi connectivity index (χ4v) is 2.12. The zero-order valence-corrected chi connectivity index (χ0v) is 8.86. The minimum atomic E-state index is 1.09. The molecule has 3 rings (SSSR count). The van der Waals surface area contributed by atoms with Crippen LogP contribution in [-0.2, 0) is 7.05 Å². The number of aromatic nitrogens is 2. The molecule has 3 aromatic rings. The normalized spacial score (nSPS) is 11.3. The minimum Gasteiger partial charge on any atom is -0.342 e. The zero-order chi connectivity index (χ0) is 10.4. The molecule has 2 aromatic heterocycles. The van der Waals surface area contributed by atoms with E-state index in [1.165, 1.54) is 22.0 Å². The summed E-state index contributed by atoms with van der Waals surface area (Å²) in [5.74, 6) is 0. The molecule has 2 heteroatoms. The molecule has 15 heavy (non-hydrogen) atoms. The molecule has 0 radical (unpaired) electrons. The lowest BCUT2D eigenvalue weighted by molar-refractivity contribution is 1.01. The lowest BCUT2D eigenvalue weighted by atomic mass is 10.2. The van der Waals surface area contributed by atoms with Crippen molar-refractivity contribution in [3.8, 4) is 0 Å². The van der Waals surface area contributed by atoms with E-state index in [-0.39, 0.29) is 0 Å². The van der Waals surface area contributed by atoms with Crippen LogP contribution >= 0.6 is 0 Å². The second kappa shape index (κ2) is 2.83. The maximum absolute atomic E-state index is 4.44.